The SMILES string of the molecule is C1=Cc2cccnc2C2[N-]C(c3cc4c(c5ccccc35)-c3cc5ccccc5cc3C43c4ccccc4-c4ccccc43)=CC=C12. The van der Waals surface area contributed by atoms with Gasteiger partial charge in [-0.2, -0.15) is 0 Å². The Labute approximate surface area is 273 Å². The van der Waals surface area contributed by atoms with Crippen LogP contribution in [-0.4, -0.2) is 4.98 Å². The highest BCUT2D eigenvalue weighted by Gasteiger charge is 2.52. The first-order valence-electron chi connectivity index (χ1n) is 16.4. The highest BCUT2D eigenvalue weighted by molar-refractivity contribution is 6.12. The van der Waals surface area contributed by atoms with Crippen LogP contribution in [0.2, 0.25) is 0 Å². The zero-order valence-electron chi connectivity index (χ0n) is 25.5. The summed E-state index contributed by atoms with van der Waals surface area (Å²) in [6, 6.07) is 47.2. The van der Waals surface area contributed by atoms with Gasteiger partial charge < -0.3 is 5.32 Å². The fourth-order valence-electron chi connectivity index (χ4n) is 8.92. The number of hydrogen-bond acceptors (Lipinski definition) is 1. The molecular weight excluding hydrogens is 569 g/mol. The molecule has 11 rings (SSSR count). The predicted molar refractivity (Wildman–Crippen MR) is 193 cm³/mol. The summed E-state index contributed by atoms with van der Waals surface area (Å²) in [6.45, 7) is 0. The number of hydrogen-bond donors (Lipinski definition) is 0. The number of allylic oxidation sites excluding steroid dienone is 2. The van der Waals surface area contributed by atoms with Gasteiger partial charge in [0, 0.05) is 11.9 Å². The Morgan fingerprint density at radius 2 is 1.23 bits per heavy atom. The highest BCUT2D eigenvalue weighted by Crippen LogP contribution is 2.65. The highest BCUT2D eigenvalue weighted by atomic mass is 15.0. The summed E-state index contributed by atoms with van der Waals surface area (Å²) in [5.41, 5.74) is 15.7. The third kappa shape index (κ3) is 3.17. The second kappa shape index (κ2) is 9.05. The molecule has 6 aromatic carbocycles. The lowest BCUT2D eigenvalue weighted by atomic mass is 9.69. The maximum Gasteiger partial charge on any atom is 0.0726 e. The van der Waals surface area contributed by atoms with Crippen molar-refractivity contribution in [2.45, 2.75) is 11.5 Å². The molecule has 4 aliphatic rings. The fraction of sp³-hybridized carbons (Fsp3) is 0.0444. The molecule has 7 aromatic rings. The zero-order chi connectivity index (χ0) is 30.7. The van der Waals surface area contributed by atoms with Gasteiger partial charge in [-0.05, 0) is 101 Å². The van der Waals surface area contributed by atoms with Crippen LogP contribution in [0.4, 0.5) is 0 Å². The van der Waals surface area contributed by atoms with Crippen LogP contribution in [0.25, 0.3) is 60.9 Å². The molecule has 1 unspecified atom stereocenters. The summed E-state index contributed by atoms with van der Waals surface area (Å²) in [6.07, 6.45) is 10.7. The van der Waals surface area contributed by atoms with Crippen LogP contribution < -0.4 is 0 Å². The molecule has 0 bridgehead atoms. The van der Waals surface area contributed by atoms with E-state index in [0.717, 1.165) is 17.0 Å². The quantitative estimate of drug-likeness (QED) is 0.185. The van der Waals surface area contributed by atoms with Crippen molar-refractivity contribution in [2.24, 2.45) is 0 Å². The van der Waals surface area contributed by atoms with Gasteiger partial charge in [-0.15, -0.1) is 5.70 Å². The molecule has 1 aromatic heterocycles. The molecule has 218 valence electrons. The second-order valence-corrected chi connectivity index (χ2v) is 13.0. The van der Waals surface area contributed by atoms with Crippen molar-refractivity contribution in [2.75, 3.05) is 0 Å². The van der Waals surface area contributed by atoms with Crippen LogP contribution in [0.15, 0.2) is 157 Å². The van der Waals surface area contributed by atoms with Gasteiger partial charge >= 0.3 is 0 Å². The maximum atomic E-state index is 5.47. The van der Waals surface area contributed by atoms with Gasteiger partial charge in [0.2, 0.25) is 0 Å². The Kier molecular flexibility index (Phi) is 4.86. The average molecular weight is 596 g/mol. The molecule has 1 atom stereocenters. The van der Waals surface area contributed by atoms with Crippen LogP contribution in [0.3, 0.4) is 0 Å². The number of benzene rings is 6. The summed E-state index contributed by atoms with van der Waals surface area (Å²) in [7, 11) is 0. The molecule has 47 heavy (non-hydrogen) atoms. The number of rotatable bonds is 1. The molecule has 2 heterocycles. The van der Waals surface area contributed by atoms with Gasteiger partial charge in [-0.25, -0.2) is 0 Å². The zero-order valence-corrected chi connectivity index (χ0v) is 25.5. The lowest BCUT2D eigenvalue weighted by Crippen LogP contribution is -2.26. The van der Waals surface area contributed by atoms with Crippen LogP contribution in [0, 0.1) is 0 Å². The topological polar surface area (TPSA) is 27.0 Å². The molecule has 0 saturated carbocycles. The van der Waals surface area contributed by atoms with Crippen molar-refractivity contribution in [1.29, 1.82) is 0 Å². The molecule has 0 amide bonds. The number of aromatic nitrogens is 1. The minimum Gasteiger partial charge on any atom is -0.673 e. The maximum absolute atomic E-state index is 5.47. The Balaban J connectivity index is 1.26. The largest absolute Gasteiger partial charge is 0.673 e. The van der Waals surface area contributed by atoms with E-state index in [1.807, 2.05) is 12.3 Å². The van der Waals surface area contributed by atoms with Crippen LogP contribution in [0.1, 0.15) is 45.1 Å². The molecule has 0 fully saturated rings. The van der Waals surface area contributed by atoms with Crippen LogP contribution in [-0.2, 0) is 5.41 Å². The Hall–Kier alpha value is -5.99. The molecule has 1 spiro atoms. The third-order valence-corrected chi connectivity index (χ3v) is 10.8. The van der Waals surface area contributed by atoms with Crippen molar-refractivity contribution in [3.63, 3.8) is 0 Å². The molecule has 0 radical (unpaired) electrons. The van der Waals surface area contributed by atoms with E-state index in [-0.39, 0.29) is 6.04 Å². The lowest BCUT2D eigenvalue weighted by Gasteiger charge is -2.42. The van der Waals surface area contributed by atoms with Gasteiger partial charge in [-0.3, -0.25) is 4.98 Å². The average Bonchev–Trinajstić information content (AvgIpc) is 3.60. The molecule has 1 aliphatic heterocycles. The van der Waals surface area contributed by atoms with Gasteiger partial charge in [0.25, 0.3) is 0 Å². The first-order valence-corrected chi connectivity index (χ1v) is 16.4. The van der Waals surface area contributed by atoms with Crippen molar-refractivity contribution < 1.29 is 0 Å². The summed E-state index contributed by atoms with van der Waals surface area (Å²) in [4.78, 5) is 4.80. The van der Waals surface area contributed by atoms with E-state index in [1.165, 1.54) is 77.2 Å². The van der Waals surface area contributed by atoms with Gasteiger partial charge in [0.05, 0.1) is 5.41 Å². The van der Waals surface area contributed by atoms with E-state index in [9.17, 15) is 0 Å². The van der Waals surface area contributed by atoms with Crippen molar-refractivity contribution in [3.05, 3.63) is 202 Å². The van der Waals surface area contributed by atoms with Crippen molar-refractivity contribution >= 4 is 33.3 Å². The minimum atomic E-state index is -0.446. The van der Waals surface area contributed by atoms with Gasteiger partial charge in [0.15, 0.2) is 0 Å². The molecule has 0 saturated heterocycles. The third-order valence-electron chi connectivity index (χ3n) is 10.8. The first kappa shape index (κ1) is 25.2. The molecular formula is C45H27N2-. The van der Waals surface area contributed by atoms with E-state index in [1.54, 1.807) is 0 Å². The smallest absolute Gasteiger partial charge is 0.0726 e. The van der Waals surface area contributed by atoms with Crippen molar-refractivity contribution in [3.8, 4) is 22.3 Å². The number of nitrogens with zero attached hydrogens (tertiary/aromatic N) is 2. The lowest BCUT2D eigenvalue weighted by molar-refractivity contribution is 0.795. The molecule has 2 heteroatoms. The monoisotopic (exact) mass is 595 g/mol. The molecule has 0 N–H and O–H groups in total. The van der Waals surface area contributed by atoms with E-state index in [0.29, 0.717) is 0 Å². The summed E-state index contributed by atoms with van der Waals surface area (Å²) < 4.78 is 0. The summed E-state index contributed by atoms with van der Waals surface area (Å²) in [5, 5.41) is 10.5. The van der Waals surface area contributed by atoms with E-state index >= 15 is 0 Å². The van der Waals surface area contributed by atoms with Crippen molar-refractivity contribution in [1.82, 2.24) is 4.98 Å². The van der Waals surface area contributed by atoms with Gasteiger partial charge in [0.1, 0.15) is 0 Å². The fourth-order valence-corrected chi connectivity index (χ4v) is 8.92. The Bertz CT molecular complexity index is 2570. The Morgan fingerprint density at radius 3 is 2.04 bits per heavy atom. The first-order chi connectivity index (χ1) is 23.3. The summed E-state index contributed by atoms with van der Waals surface area (Å²) in [5.74, 6) is 0. The van der Waals surface area contributed by atoms with E-state index < -0.39 is 5.41 Å². The number of fused-ring (bicyclic) bond motifs is 16. The Morgan fingerprint density at radius 1 is 0.532 bits per heavy atom. The van der Waals surface area contributed by atoms with E-state index in [2.05, 4.69) is 146 Å². The minimum absolute atomic E-state index is 0.118. The summed E-state index contributed by atoms with van der Waals surface area (Å²) >= 11 is 0. The van der Waals surface area contributed by atoms with Crippen LogP contribution >= 0.6 is 0 Å². The molecule has 3 aliphatic carbocycles. The van der Waals surface area contributed by atoms with Gasteiger partial charge in [-0.1, -0.05) is 139 Å². The second-order valence-electron chi connectivity index (χ2n) is 13.0. The predicted octanol–water partition coefficient (Wildman–Crippen LogP) is 11.2. The normalized spacial score (nSPS) is 17.2. The standard InChI is InChI=1S/C45H27N2/c1-2-11-30-25-39-36(24-29(30)10-1)42-34-16-4-3-13-31(34)35(41-22-21-28-20-19-27-12-9-23-46-43(27)44(28)47-41)26-40(42)45(39)37-17-7-5-14-32(37)33-15-6-8-18-38(33)45/h1-26,44H/q-1. The van der Waals surface area contributed by atoms with E-state index in [4.69, 9.17) is 10.3 Å². The molecule has 2 nitrogen and oxygen atoms in total. The number of pyridine rings is 1. The van der Waals surface area contributed by atoms with Crippen LogP contribution in [0.5, 0.6) is 0 Å².